The van der Waals surface area contributed by atoms with E-state index in [0.29, 0.717) is 55.0 Å². The SMILES string of the molecule is O=S(=O)(NC[C@H](O)c1ccc2c(c1)OCCO2)c1ccc2c(c1)OCCCO2. The number of aliphatic hydroxyl groups excluding tert-OH is 1. The number of fused-ring (bicyclic) bond motifs is 2. The molecule has 28 heavy (non-hydrogen) atoms. The number of hydrogen-bond donors (Lipinski definition) is 2. The van der Waals surface area contributed by atoms with Crippen molar-refractivity contribution in [3.63, 3.8) is 0 Å². The minimum Gasteiger partial charge on any atom is -0.490 e. The number of benzene rings is 2. The lowest BCUT2D eigenvalue weighted by Crippen LogP contribution is -2.28. The van der Waals surface area contributed by atoms with Crippen molar-refractivity contribution in [3.8, 4) is 23.0 Å². The smallest absolute Gasteiger partial charge is 0.240 e. The summed E-state index contributed by atoms with van der Waals surface area (Å²) in [5.41, 5.74) is 0.533. The third-order valence-corrected chi connectivity index (χ3v) is 5.87. The molecule has 0 amide bonds. The minimum absolute atomic E-state index is 0.0473. The number of ether oxygens (including phenoxy) is 4. The number of hydrogen-bond acceptors (Lipinski definition) is 7. The van der Waals surface area contributed by atoms with Crippen molar-refractivity contribution in [2.45, 2.75) is 17.4 Å². The molecule has 150 valence electrons. The Morgan fingerprint density at radius 2 is 1.46 bits per heavy atom. The van der Waals surface area contributed by atoms with Crippen molar-refractivity contribution in [2.24, 2.45) is 0 Å². The third kappa shape index (κ3) is 4.01. The van der Waals surface area contributed by atoms with Crippen LogP contribution in [-0.4, -0.2) is 46.5 Å². The zero-order valence-corrected chi connectivity index (χ0v) is 15.9. The van der Waals surface area contributed by atoms with E-state index in [9.17, 15) is 13.5 Å². The summed E-state index contributed by atoms with van der Waals surface area (Å²) in [5, 5.41) is 10.4. The molecule has 9 heteroatoms. The van der Waals surface area contributed by atoms with E-state index in [1.807, 2.05) is 0 Å². The van der Waals surface area contributed by atoms with Crippen LogP contribution < -0.4 is 23.7 Å². The first-order valence-corrected chi connectivity index (χ1v) is 10.5. The van der Waals surface area contributed by atoms with Crippen LogP contribution in [0.2, 0.25) is 0 Å². The predicted octanol–water partition coefficient (Wildman–Crippen LogP) is 1.63. The second-order valence-electron chi connectivity index (χ2n) is 6.43. The minimum atomic E-state index is -3.83. The second kappa shape index (κ2) is 7.86. The van der Waals surface area contributed by atoms with Gasteiger partial charge in [0.2, 0.25) is 10.0 Å². The fourth-order valence-corrected chi connectivity index (χ4v) is 4.02. The zero-order valence-electron chi connectivity index (χ0n) is 15.1. The number of aliphatic hydroxyl groups is 1. The van der Waals surface area contributed by atoms with Crippen LogP contribution in [0.5, 0.6) is 23.0 Å². The first-order valence-electron chi connectivity index (χ1n) is 9.00. The van der Waals surface area contributed by atoms with Crippen molar-refractivity contribution in [1.29, 1.82) is 0 Å². The Kier molecular flexibility index (Phi) is 5.29. The molecule has 8 nitrogen and oxygen atoms in total. The number of sulfonamides is 1. The maximum atomic E-state index is 12.6. The average molecular weight is 407 g/mol. The first-order chi connectivity index (χ1) is 13.5. The molecule has 2 aliphatic heterocycles. The molecule has 4 rings (SSSR count). The van der Waals surface area contributed by atoms with Crippen LogP contribution in [0.4, 0.5) is 0 Å². The fraction of sp³-hybridized carbons (Fsp3) is 0.368. The van der Waals surface area contributed by atoms with Crippen molar-refractivity contribution < 1.29 is 32.5 Å². The standard InChI is InChI=1S/C19H21NO7S/c21-15(13-2-4-16-18(10-13)27-9-8-26-16)12-20-28(22,23)14-3-5-17-19(11-14)25-7-1-6-24-17/h2-5,10-11,15,20-21H,1,6-9,12H2/t15-/m0/s1. The molecule has 1 atom stereocenters. The van der Waals surface area contributed by atoms with E-state index >= 15 is 0 Å². The van der Waals surface area contributed by atoms with Crippen LogP contribution in [0, 0.1) is 0 Å². The monoisotopic (exact) mass is 407 g/mol. The van der Waals surface area contributed by atoms with E-state index in [4.69, 9.17) is 18.9 Å². The van der Waals surface area contributed by atoms with Gasteiger partial charge in [-0.05, 0) is 29.8 Å². The van der Waals surface area contributed by atoms with Gasteiger partial charge in [-0.1, -0.05) is 6.07 Å². The highest BCUT2D eigenvalue weighted by molar-refractivity contribution is 7.89. The highest BCUT2D eigenvalue weighted by Gasteiger charge is 2.21. The summed E-state index contributed by atoms with van der Waals surface area (Å²) in [6, 6.07) is 9.49. The summed E-state index contributed by atoms with van der Waals surface area (Å²) in [7, 11) is -3.83. The first kappa shape index (κ1) is 18.9. The summed E-state index contributed by atoms with van der Waals surface area (Å²) >= 11 is 0. The van der Waals surface area contributed by atoms with E-state index in [2.05, 4.69) is 4.72 Å². The van der Waals surface area contributed by atoms with Gasteiger partial charge in [-0.25, -0.2) is 13.1 Å². The molecule has 0 unspecified atom stereocenters. The van der Waals surface area contributed by atoms with Gasteiger partial charge >= 0.3 is 0 Å². The van der Waals surface area contributed by atoms with Gasteiger partial charge in [0.05, 0.1) is 24.2 Å². The Morgan fingerprint density at radius 1 is 0.857 bits per heavy atom. The summed E-state index contributed by atoms with van der Waals surface area (Å²) in [6.07, 6.45) is -0.303. The molecule has 2 aromatic rings. The van der Waals surface area contributed by atoms with E-state index in [-0.39, 0.29) is 11.4 Å². The van der Waals surface area contributed by atoms with Crippen LogP contribution in [0.25, 0.3) is 0 Å². The Balaban J connectivity index is 1.45. The van der Waals surface area contributed by atoms with Gasteiger partial charge in [0.25, 0.3) is 0 Å². The van der Waals surface area contributed by atoms with E-state index in [1.54, 1.807) is 24.3 Å². The fourth-order valence-electron chi connectivity index (χ4n) is 2.97. The van der Waals surface area contributed by atoms with Crippen molar-refractivity contribution in [2.75, 3.05) is 33.0 Å². The highest BCUT2D eigenvalue weighted by Crippen LogP contribution is 2.33. The van der Waals surface area contributed by atoms with Gasteiger partial charge < -0.3 is 24.1 Å². The molecular weight excluding hydrogens is 386 g/mol. The van der Waals surface area contributed by atoms with Gasteiger partial charge in [0.1, 0.15) is 13.2 Å². The molecule has 0 fully saturated rings. The summed E-state index contributed by atoms with van der Waals surface area (Å²) in [4.78, 5) is 0.0473. The molecule has 2 heterocycles. The molecule has 0 bridgehead atoms. The summed E-state index contributed by atoms with van der Waals surface area (Å²) < 4.78 is 49.6. The third-order valence-electron chi connectivity index (χ3n) is 4.45. The topological polar surface area (TPSA) is 103 Å². The van der Waals surface area contributed by atoms with Gasteiger partial charge in [-0.15, -0.1) is 0 Å². The normalized spacial score (nSPS) is 16.9. The van der Waals surface area contributed by atoms with E-state index in [0.717, 1.165) is 6.42 Å². The molecule has 0 radical (unpaired) electrons. The van der Waals surface area contributed by atoms with Crippen molar-refractivity contribution in [1.82, 2.24) is 4.72 Å². The molecule has 0 aromatic heterocycles. The lowest BCUT2D eigenvalue weighted by molar-refractivity contribution is 0.165. The maximum Gasteiger partial charge on any atom is 0.240 e. The second-order valence-corrected chi connectivity index (χ2v) is 8.20. The molecule has 0 saturated carbocycles. The molecule has 2 aromatic carbocycles. The van der Waals surface area contributed by atoms with Gasteiger partial charge in [-0.2, -0.15) is 0 Å². The lowest BCUT2D eigenvalue weighted by atomic mass is 10.1. The Morgan fingerprint density at radius 3 is 2.25 bits per heavy atom. The van der Waals surface area contributed by atoms with E-state index < -0.39 is 16.1 Å². The van der Waals surface area contributed by atoms with Gasteiger partial charge in [0, 0.05) is 19.0 Å². The molecule has 0 spiro atoms. The van der Waals surface area contributed by atoms with E-state index in [1.165, 1.54) is 12.1 Å². The predicted molar refractivity (Wildman–Crippen MR) is 99.6 cm³/mol. The Labute approximate surface area is 163 Å². The Hall–Kier alpha value is -2.49. The molecule has 0 aliphatic carbocycles. The van der Waals surface area contributed by atoms with Crippen LogP contribution >= 0.6 is 0 Å². The maximum absolute atomic E-state index is 12.6. The average Bonchev–Trinajstić information content (AvgIpc) is 2.96. The molecule has 0 saturated heterocycles. The van der Waals surface area contributed by atoms with Crippen LogP contribution in [0.3, 0.4) is 0 Å². The van der Waals surface area contributed by atoms with Crippen molar-refractivity contribution in [3.05, 3.63) is 42.0 Å². The lowest BCUT2D eigenvalue weighted by Gasteiger charge is -2.20. The summed E-state index contributed by atoms with van der Waals surface area (Å²) in [6.45, 7) is 1.72. The number of rotatable bonds is 5. The zero-order chi connectivity index (χ0) is 19.6. The van der Waals surface area contributed by atoms with Gasteiger partial charge in [-0.3, -0.25) is 0 Å². The summed E-state index contributed by atoms with van der Waals surface area (Å²) in [5.74, 6) is 2.06. The molecule has 2 N–H and O–H groups in total. The van der Waals surface area contributed by atoms with Crippen molar-refractivity contribution >= 4 is 10.0 Å². The highest BCUT2D eigenvalue weighted by atomic mass is 32.2. The molecular formula is C19H21NO7S. The number of nitrogens with one attached hydrogen (secondary N) is 1. The Bertz CT molecular complexity index is 961. The van der Waals surface area contributed by atoms with Crippen LogP contribution in [0.15, 0.2) is 41.3 Å². The van der Waals surface area contributed by atoms with Gasteiger partial charge in [0.15, 0.2) is 23.0 Å². The largest absolute Gasteiger partial charge is 0.490 e. The van der Waals surface area contributed by atoms with Crippen LogP contribution in [-0.2, 0) is 10.0 Å². The molecule has 2 aliphatic rings. The quantitative estimate of drug-likeness (QED) is 0.776. The van der Waals surface area contributed by atoms with Crippen LogP contribution in [0.1, 0.15) is 18.1 Å².